The number of phosphoric acid groups is 3. The number of hydrogen-bond donors (Lipinski definition) is 10. The SMILES string of the molecule is CN1CN(O[C@@H]2O[C@H](COP(=O)(O)OP(=O)(O)OP(=O)(O)OC[C@H]3O[C@@H](n4cnc5c(=O)[nH]c(N)nc54)C[C@@H]3O)[C@@H](O)[C@H]2O)c2nc(N)[nH]c(=O)c21. The Labute approximate surface area is 288 Å². The van der Waals surface area contributed by atoms with Gasteiger partial charge in [-0.15, -0.1) is 0 Å². The molecule has 0 radical (unpaired) electrons. The second kappa shape index (κ2) is 14.1. The highest BCUT2D eigenvalue weighted by Gasteiger charge is 2.49. The fourth-order valence-corrected chi connectivity index (χ4v) is 8.84. The number of aromatic amines is 2. The van der Waals surface area contributed by atoms with Crippen molar-refractivity contribution in [2.24, 2.45) is 0 Å². The average molecular weight is 804 g/mol. The van der Waals surface area contributed by atoms with Crippen molar-refractivity contribution >= 4 is 58.0 Å². The quantitative estimate of drug-likeness (QED) is 0.0755. The highest BCUT2D eigenvalue weighted by molar-refractivity contribution is 7.66. The molecule has 3 aromatic heterocycles. The summed E-state index contributed by atoms with van der Waals surface area (Å²) >= 11 is 0. The second-order valence-corrected chi connectivity index (χ2v) is 16.0. The van der Waals surface area contributed by atoms with E-state index in [1.54, 1.807) is 0 Å². The molecule has 288 valence electrons. The van der Waals surface area contributed by atoms with Gasteiger partial charge in [-0.05, 0) is 0 Å². The van der Waals surface area contributed by atoms with E-state index in [0.29, 0.717) is 0 Å². The molecular formula is C21H31N10O18P3. The van der Waals surface area contributed by atoms with E-state index in [2.05, 4.69) is 42.6 Å². The summed E-state index contributed by atoms with van der Waals surface area (Å²) < 4.78 is 66.8. The van der Waals surface area contributed by atoms with Crippen LogP contribution in [0.3, 0.4) is 0 Å². The molecule has 2 saturated heterocycles. The molecule has 0 aliphatic carbocycles. The van der Waals surface area contributed by atoms with Crippen LogP contribution in [0.15, 0.2) is 15.9 Å². The zero-order valence-corrected chi connectivity index (χ0v) is 28.9. The first-order valence-electron chi connectivity index (χ1n) is 14.6. The van der Waals surface area contributed by atoms with E-state index >= 15 is 0 Å². The molecule has 52 heavy (non-hydrogen) atoms. The summed E-state index contributed by atoms with van der Waals surface area (Å²) in [5.41, 5.74) is 9.90. The molecule has 0 amide bonds. The number of phosphoric ester groups is 2. The molecule has 3 aromatic rings. The third-order valence-electron chi connectivity index (χ3n) is 7.58. The molecule has 0 spiro atoms. The lowest BCUT2D eigenvalue weighted by Crippen LogP contribution is -2.39. The van der Waals surface area contributed by atoms with Crippen molar-refractivity contribution in [3.63, 3.8) is 0 Å². The minimum absolute atomic E-state index is 0.00664. The molecule has 3 aliphatic heterocycles. The Hall–Kier alpha value is -3.40. The van der Waals surface area contributed by atoms with Gasteiger partial charge in [0.15, 0.2) is 17.0 Å². The first-order valence-corrected chi connectivity index (χ1v) is 19.0. The van der Waals surface area contributed by atoms with Gasteiger partial charge in [0.2, 0.25) is 18.2 Å². The summed E-state index contributed by atoms with van der Waals surface area (Å²) in [7, 11) is -15.7. The van der Waals surface area contributed by atoms with E-state index in [0.717, 1.165) is 5.06 Å². The summed E-state index contributed by atoms with van der Waals surface area (Å²) in [5.74, 6) is -0.526. The number of aromatic nitrogens is 6. The van der Waals surface area contributed by atoms with E-state index in [9.17, 15) is 53.3 Å². The maximum absolute atomic E-state index is 12.4. The van der Waals surface area contributed by atoms with Crippen LogP contribution in [0.2, 0.25) is 0 Å². The van der Waals surface area contributed by atoms with Crippen molar-refractivity contribution < 1.29 is 75.7 Å². The summed E-state index contributed by atoms with van der Waals surface area (Å²) in [6, 6.07) is 0. The van der Waals surface area contributed by atoms with Crippen LogP contribution in [-0.4, -0.2) is 123 Å². The molecular weight excluding hydrogens is 773 g/mol. The Morgan fingerprint density at radius 2 is 1.52 bits per heavy atom. The van der Waals surface area contributed by atoms with Crippen LogP contribution in [0.4, 0.5) is 23.4 Å². The third kappa shape index (κ3) is 8.07. The Kier molecular flexibility index (Phi) is 10.4. The number of nitrogen functional groups attached to an aromatic ring is 2. The van der Waals surface area contributed by atoms with E-state index in [4.69, 9.17) is 25.8 Å². The molecule has 2 fully saturated rings. The normalized spacial score (nSPS) is 29.6. The minimum atomic E-state index is -5.95. The molecule has 3 unspecified atom stereocenters. The number of ether oxygens (including phenoxy) is 2. The van der Waals surface area contributed by atoms with Crippen molar-refractivity contribution in [3.8, 4) is 0 Å². The van der Waals surface area contributed by atoms with Gasteiger partial charge in [0.25, 0.3) is 11.1 Å². The van der Waals surface area contributed by atoms with Gasteiger partial charge in [-0.3, -0.25) is 33.2 Å². The number of anilines is 4. The summed E-state index contributed by atoms with van der Waals surface area (Å²) in [5, 5.41) is 32.2. The molecule has 12 N–H and O–H groups in total. The minimum Gasteiger partial charge on any atom is -0.390 e. The lowest BCUT2D eigenvalue weighted by Gasteiger charge is -2.23. The molecule has 3 aliphatic rings. The van der Waals surface area contributed by atoms with Crippen LogP contribution < -0.4 is 32.5 Å². The van der Waals surface area contributed by atoms with Gasteiger partial charge in [0, 0.05) is 13.5 Å². The van der Waals surface area contributed by atoms with Gasteiger partial charge < -0.3 is 55.8 Å². The number of imidazole rings is 1. The molecule has 31 heteroatoms. The molecule has 28 nitrogen and oxygen atoms in total. The van der Waals surface area contributed by atoms with E-state index in [-0.39, 0.29) is 47.7 Å². The summed E-state index contributed by atoms with van der Waals surface area (Å²) in [6.07, 6.45) is -9.61. The monoisotopic (exact) mass is 804 g/mol. The van der Waals surface area contributed by atoms with Gasteiger partial charge in [-0.2, -0.15) is 18.6 Å². The van der Waals surface area contributed by atoms with Gasteiger partial charge in [0.1, 0.15) is 43.0 Å². The van der Waals surface area contributed by atoms with Crippen molar-refractivity contribution in [3.05, 3.63) is 27.0 Å². The zero-order valence-electron chi connectivity index (χ0n) is 26.2. The van der Waals surface area contributed by atoms with Crippen LogP contribution >= 0.6 is 23.5 Å². The number of nitrogens with zero attached hydrogens (tertiary/aromatic N) is 6. The van der Waals surface area contributed by atoms with E-state index in [1.807, 2.05) is 0 Å². The van der Waals surface area contributed by atoms with E-state index < -0.39 is 90.8 Å². The van der Waals surface area contributed by atoms with Gasteiger partial charge in [0.05, 0.1) is 25.6 Å². The largest absolute Gasteiger partial charge is 0.490 e. The highest BCUT2D eigenvalue weighted by Crippen LogP contribution is 2.67. The maximum Gasteiger partial charge on any atom is 0.490 e. The first-order chi connectivity index (χ1) is 24.2. The zero-order chi connectivity index (χ0) is 37.9. The van der Waals surface area contributed by atoms with Crippen molar-refractivity contribution in [1.29, 1.82) is 0 Å². The fourth-order valence-electron chi connectivity index (χ4n) is 5.32. The predicted octanol–water partition coefficient (Wildman–Crippen LogP) is -3.32. The van der Waals surface area contributed by atoms with Gasteiger partial charge in [-0.1, -0.05) is 0 Å². The Morgan fingerprint density at radius 3 is 2.19 bits per heavy atom. The van der Waals surface area contributed by atoms with Crippen molar-refractivity contribution in [2.45, 2.75) is 49.5 Å². The Balaban J connectivity index is 0.997. The number of H-pyrrole nitrogens is 2. The predicted molar refractivity (Wildman–Crippen MR) is 167 cm³/mol. The lowest BCUT2D eigenvalue weighted by atomic mass is 10.1. The fraction of sp³-hybridized carbons (Fsp3) is 0.571. The molecule has 10 atom stereocenters. The summed E-state index contributed by atoms with van der Waals surface area (Å²) in [6.45, 7) is -2.11. The molecule has 0 bridgehead atoms. The van der Waals surface area contributed by atoms with Crippen LogP contribution in [0.1, 0.15) is 12.6 Å². The van der Waals surface area contributed by atoms with E-state index in [1.165, 1.54) is 22.8 Å². The molecule has 6 heterocycles. The van der Waals surface area contributed by atoms with Crippen LogP contribution in [0, 0.1) is 0 Å². The molecule has 6 rings (SSSR count). The third-order valence-corrected chi connectivity index (χ3v) is 11.8. The Morgan fingerprint density at radius 1 is 0.904 bits per heavy atom. The highest BCUT2D eigenvalue weighted by atomic mass is 31.3. The summed E-state index contributed by atoms with van der Waals surface area (Å²) in [4.78, 5) is 77.6. The van der Waals surface area contributed by atoms with Crippen molar-refractivity contribution in [1.82, 2.24) is 29.5 Å². The first kappa shape index (κ1) is 38.3. The number of nitrogens with one attached hydrogen (secondary N) is 2. The van der Waals surface area contributed by atoms with Crippen LogP contribution in [0.25, 0.3) is 11.2 Å². The maximum atomic E-state index is 12.4. The Bertz CT molecular complexity index is 2100. The number of rotatable bonds is 13. The second-order valence-electron chi connectivity index (χ2n) is 11.3. The van der Waals surface area contributed by atoms with Gasteiger partial charge >= 0.3 is 23.5 Å². The number of aliphatic hydroxyl groups excluding tert-OH is 3. The van der Waals surface area contributed by atoms with Crippen molar-refractivity contribution in [2.75, 3.05) is 48.4 Å². The number of hydrogen-bond acceptors (Lipinski definition) is 22. The number of fused-ring (bicyclic) bond motifs is 2. The standard InChI is InChI=1S/C21H31N10O18P3/c1-29-6-31(16-12(29)18(36)28-21(23)26-16)47-19-14(34)13(33)9(46-19)4-44-51(39,40)49-52(41,42)48-50(37,38)43-3-8-7(32)2-10(45-8)30-5-24-11-15(30)25-20(22)27-17(11)35/h5,7-10,13-14,19,32-34H,2-4,6H2,1H3,(H,37,38)(H,39,40)(H,41,42)(H3,22,25,27,35)(H3,23,26,28,36)/t7-,8+,9+,10+,13+,14+,19-/m0/s1. The lowest BCUT2D eigenvalue weighted by molar-refractivity contribution is -0.175. The van der Waals surface area contributed by atoms with Gasteiger partial charge in [-0.25, -0.2) is 28.6 Å². The van der Waals surface area contributed by atoms with Crippen LogP contribution in [-0.2, 0) is 45.7 Å². The smallest absolute Gasteiger partial charge is 0.390 e. The average Bonchev–Trinajstić information content (AvgIpc) is 3.75. The molecule has 0 aromatic carbocycles. The number of hydroxylamine groups is 1. The molecule has 0 saturated carbocycles. The van der Waals surface area contributed by atoms with Crippen LogP contribution in [0.5, 0.6) is 0 Å². The topological polar surface area (TPSA) is 405 Å². The number of nitrogens with two attached hydrogens (primary N) is 2. The number of aliphatic hydroxyl groups is 3.